The van der Waals surface area contributed by atoms with Gasteiger partial charge in [-0.15, -0.1) is 0 Å². The largest absolute Gasteiger partial charge is 0.442 e. The average Bonchev–Trinajstić information content (AvgIpc) is 2.61. The number of benzene rings is 2. The smallest absolute Gasteiger partial charge is 0.205 e. The van der Waals surface area contributed by atoms with Crippen LogP contribution in [0.4, 0.5) is 0 Å². The number of allylic oxidation sites excluding steroid dienone is 1. The predicted molar refractivity (Wildman–Crippen MR) is 93.8 cm³/mol. The first kappa shape index (κ1) is 15.0. The predicted octanol–water partition coefficient (Wildman–Crippen LogP) is 4.93. The molecule has 1 aliphatic carbocycles. The van der Waals surface area contributed by atoms with Crippen molar-refractivity contribution in [2.75, 3.05) is 0 Å². The standard InChI is InChI=1S/C20H15ClN2O/c21-17-8-4-3-7-14(17)18-15-10-9-12-5-1-2-6-13(12)19(15)24-20(23)16(18)11-22/h1-8,16,18,23H,9-10H2. The number of hydrogen-bond acceptors (Lipinski definition) is 3. The van der Waals surface area contributed by atoms with E-state index in [4.69, 9.17) is 21.7 Å². The molecule has 2 aromatic rings. The SMILES string of the molecule is N#CC1C(=N)OC2=C(CCc3ccccc32)C1c1ccccc1Cl. The fraction of sp³-hybridized carbons (Fsp3) is 0.200. The van der Waals surface area contributed by atoms with Crippen LogP contribution in [0, 0.1) is 22.7 Å². The second kappa shape index (κ2) is 5.81. The molecule has 2 atom stereocenters. The van der Waals surface area contributed by atoms with Gasteiger partial charge >= 0.3 is 0 Å². The second-order valence-electron chi connectivity index (χ2n) is 6.08. The highest BCUT2D eigenvalue weighted by Gasteiger charge is 2.41. The molecule has 0 spiro atoms. The van der Waals surface area contributed by atoms with Crippen molar-refractivity contribution in [3.05, 3.63) is 75.8 Å². The molecule has 1 N–H and O–H groups in total. The number of halogens is 1. The number of nitriles is 1. The average molecular weight is 335 g/mol. The molecule has 118 valence electrons. The van der Waals surface area contributed by atoms with Gasteiger partial charge in [0.25, 0.3) is 0 Å². The van der Waals surface area contributed by atoms with E-state index >= 15 is 0 Å². The number of fused-ring (bicyclic) bond motifs is 2. The molecule has 4 rings (SSSR count). The molecular formula is C20H15ClN2O. The summed E-state index contributed by atoms with van der Waals surface area (Å²) in [6.45, 7) is 0. The van der Waals surface area contributed by atoms with Crippen LogP contribution in [0.1, 0.15) is 29.0 Å². The lowest BCUT2D eigenvalue weighted by Crippen LogP contribution is -2.31. The van der Waals surface area contributed by atoms with Crippen LogP contribution < -0.4 is 0 Å². The van der Waals surface area contributed by atoms with E-state index < -0.39 is 5.92 Å². The highest BCUT2D eigenvalue weighted by atomic mass is 35.5. The summed E-state index contributed by atoms with van der Waals surface area (Å²) in [7, 11) is 0. The molecule has 2 aromatic carbocycles. The molecule has 0 fully saturated rings. The van der Waals surface area contributed by atoms with Crippen molar-refractivity contribution in [1.82, 2.24) is 0 Å². The van der Waals surface area contributed by atoms with Crippen molar-refractivity contribution in [3.8, 4) is 6.07 Å². The first-order valence-corrected chi connectivity index (χ1v) is 8.30. The third kappa shape index (κ3) is 2.23. The van der Waals surface area contributed by atoms with Gasteiger partial charge in [-0.3, -0.25) is 5.41 Å². The van der Waals surface area contributed by atoms with Crippen molar-refractivity contribution < 1.29 is 4.74 Å². The van der Waals surface area contributed by atoms with E-state index in [1.54, 1.807) is 0 Å². The zero-order valence-corrected chi connectivity index (χ0v) is 13.7. The van der Waals surface area contributed by atoms with E-state index in [1.807, 2.05) is 42.5 Å². The molecule has 0 amide bonds. The Labute approximate surface area is 145 Å². The van der Waals surface area contributed by atoms with Crippen LogP contribution in [-0.4, -0.2) is 5.90 Å². The zero-order chi connectivity index (χ0) is 16.7. The minimum atomic E-state index is -0.645. The molecule has 4 heteroatoms. The molecule has 2 unspecified atom stereocenters. The number of aryl methyl sites for hydroxylation is 1. The van der Waals surface area contributed by atoms with E-state index in [-0.39, 0.29) is 11.8 Å². The van der Waals surface area contributed by atoms with Crippen molar-refractivity contribution >= 4 is 23.3 Å². The molecule has 0 aromatic heterocycles. The summed E-state index contributed by atoms with van der Waals surface area (Å²) in [6.07, 6.45) is 1.72. The first-order chi connectivity index (χ1) is 11.7. The second-order valence-corrected chi connectivity index (χ2v) is 6.49. The van der Waals surface area contributed by atoms with Crippen LogP contribution in [0.2, 0.25) is 5.02 Å². The molecule has 0 radical (unpaired) electrons. The lowest BCUT2D eigenvalue weighted by molar-refractivity contribution is 0.410. The Balaban J connectivity index is 1.95. The Kier molecular flexibility index (Phi) is 3.63. The van der Waals surface area contributed by atoms with Crippen LogP contribution in [0.15, 0.2) is 54.1 Å². The van der Waals surface area contributed by atoms with Crippen LogP contribution in [0.3, 0.4) is 0 Å². The molecule has 1 heterocycles. The van der Waals surface area contributed by atoms with E-state index in [2.05, 4.69) is 12.1 Å². The molecule has 24 heavy (non-hydrogen) atoms. The van der Waals surface area contributed by atoms with Crippen LogP contribution in [0.25, 0.3) is 5.76 Å². The van der Waals surface area contributed by atoms with Gasteiger partial charge < -0.3 is 4.74 Å². The number of nitrogens with zero attached hydrogens (tertiary/aromatic N) is 1. The number of hydrogen-bond donors (Lipinski definition) is 1. The van der Waals surface area contributed by atoms with Gasteiger partial charge in [-0.1, -0.05) is 54.1 Å². The normalized spacial score (nSPS) is 22.2. The summed E-state index contributed by atoms with van der Waals surface area (Å²) in [5.41, 5.74) is 4.21. The van der Waals surface area contributed by atoms with Gasteiger partial charge in [0.2, 0.25) is 5.90 Å². The Hall–Kier alpha value is -2.57. The van der Waals surface area contributed by atoms with Gasteiger partial charge in [-0.2, -0.15) is 5.26 Å². The van der Waals surface area contributed by atoms with Gasteiger partial charge in [-0.25, -0.2) is 0 Å². The summed E-state index contributed by atoms with van der Waals surface area (Å²) in [6, 6.07) is 17.9. The first-order valence-electron chi connectivity index (χ1n) is 7.92. The molecule has 2 aliphatic rings. The third-order valence-corrected chi connectivity index (χ3v) is 5.14. The molecule has 0 saturated carbocycles. The van der Waals surface area contributed by atoms with E-state index in [1.165, 1.54) is 5.56 Å². The Morgan fingerprint density at radius 2 is 1.83 bits per heavy atom. The zero-order valence-electron chi connectivity index (χ0n) is 12.9. The van der Waals surface area contributed by atoms with Crippen molar-refractivity contribution in [3.63, 3.8) is 0 Å². The highest BCUT2D eigenvalue weighted by Crippen LogP contribution is 2.48. The lowest BCUT2D eigenvalue weighted by atomic mass is 9.73. The maximum absolute atomic E-state index is 9.63. The van der Waals surface area contributed by atoms with Gasteiger partial charge in [0, 0.05) is 16.5 Å². The fourth-order valence-electron chi connectivity index (χ4n) is 3.69. The number of nitrogens with one attached hydrogen (secondary N) is 1. The van der Waals surface area contributed by atoms with Gasteiger partial charge in [0.05, 0.1) is 6.07 Å². The molecule has 0 saturated heterocycles. The number of ether oxygens (including phenoxy) is 1. The summed E-state index contributed by atoms with van der Waals surface area (Å²) < 4.78 is 5.81. The fourth-order valence-corrected chi connectivity index (χ4v) is 3.94. The Bertz CT molecular complexity index is 910. The quantitative estimate of drug-likeness (QED) is 0.804. The maximum atomic E-state index is 9.63. The Morgan fingerprint density at radius 1 is 1.08 bits per heavy atom. The van der Waals surface area contributed by atoms with Crippen molar-refractivity contribution in [1.29, 1.82) is 10.7 Å². The lowest BCUT2D eigenvalue weighted by Gasteiger charge is -2.36. The van der Waals surface area contributed by atoms with Crippen LogP contribution >= 0.6 is 11.6 Å². The van der Waals surface area contributed by atoms with Crippen molar-refractivity contribution in [2.45, 2.75) is 18.8 Å². The molecule has 1 aliphatic heterocycles. The van der Waals surface area contributed by atoms with E-state index in [0.29, 0.717) is 5.02 Å². The Morgan fingerprint density at radius 3 is 2.62 bits per heavy atom. The van der Waals surface area contributed by atoms with Crippen LogP contribution in [-0.2, 0) is 11.2 Å². The summed E-state index contributed by atoms with van der Waals surface area (Å²) >= 11 is 6.42. The number of rotatable bonds is 1. The molecule has 3 nitrogen and oxygen atoms in total. The maximum Gasteiger partial charge on any atom is 0.205 e. The van der Waals surface area contributed by atoms with Gasteiger partial charge in [0.1, 0.15) is 11.7 Å². The van der Waals surface area contributed by atoms with E-state index in [0.717, 1.165) is 35.3 Å². The summed E-state index contributed by atoms with van der Waals surface area (Å²) in [4.78, 5) is 0. The van der Waals surface area contributed by atoms with Gasteiger partial charge in [0.15, 0.2) is 0 Å². The molecular weight excluding hydrogens is 320 g/mol. The van der Waals surface area contributed by atoms with Crippen LogP contribution in [0.5, 0.6) is 0 Å². The minimum absolute atomic E-state index is 0.00197. The summed E-state index contributed by atoms with van der Waals surface area (Å²) in [5.74, 6) is -0.140. The minimum Gasteiger partial charge on any atom is -0.442 e. The monoisotopic (exact) mass is 334 g/mol. The highest BCUT2D eigenvalue weighted by molar-refractivity contribution is 6.31. The van der Waals surface area contributed by atoms with E-state index in [9.17, 15) is 5.26 Å². The third-order valence-electron chi connectivity index (χ3n) is 4.80. The van der Waals surface area contributed by atoms with Gasteiger partial charge in [-0.05, 0) is 35.6 Å². The summed E-state index contributed by atoms with van der Waals surface area (Å²) in [5, 5.41) is 18.5. The topological polar surface area (TPSA) is 56.9 Å². The molecule has 0 bridgehead atoms. The van der Waals surface area contributed by atoms with Crippen molar-refractivity contribution in [2.24, 2.45) is 5.92 Å².